The lowest BCUT2D eigenvalue weighted by atomic mass is 10.1. The van der Waals surface area contributed by atoms with E-state index in [9.17, 15) is 0 Å². The Hall–Kier alpha value is -2.66. The molecule has 1 N–H and O–H groups in total. The van der Waals surface area contributed by atoms with Crippen LogP contribution in [-0.4, -0.2) is 25.2 Å². The van der Waals surface area contributed by atoms with Gasteiger partial charge in [0, 0.05) is 17.1 Å². The summed E-state index contributed by atoms with van der Waals surface area (Å²) in [7, 11) is 0. The summed E-state index contributed by atoms with van der Waals surface area (Å²) < 4.78 is 1.73. The molecular formula is C16H12ClN5. The van der Waals surface area contributed by atoms with E-state index in [2.05, 4.69) is 20.5 Å². The fourth-order valence-corrected chi connectivity index (χ4v) is 2.75. The topological polar surface area (TPSA) is 59.4 Å². The Morgan fingerprint density at radius 1 is 1.09 bits per heavy atom. The van der Waals surface area contributed by atoms with Gasteiger partial charge in [-0.2, -0.15) is 4.68 Å². The van der Waals surface area contributed by atoms with Gasteiger partial charge >= 0.3 is 0 Å². The quantitative estimate of drug-likeness (QED) is 0.613. The first-order valence-electron chi connectivity index (χ1n) is 6.85. The van der Waals surface area contributed by atoms with Crippen LogP contribution in [0.2, 0.25) is 5.02 Å². The molecule has 0 aliphatic heterocycles. The molecule has 6 heteroatoms. The highest BCUT2D eigenvalue weighted by Gasteiger charge is 2.15. The molecule has 0 aliphatic carbocycles. The van der Waals surface area contributed by atoms with Gasteiger partial charge in [-0.3, -0.25) is 0 Å². The molecule has 0 aliphatic rings. The first-order valence-corrected chi connectivity index (χ1v) is 7.23. The molecule has 0 fully saturated rings. The molecule has 0 radical (unpaired) electrons. The standard InChI is InChI=1S/C16H12ClN5/c1-10-5-7-11(8-6-10)22-16(19-20-21-22)13-9-18-15-12(13)3-2-4-14(15)17/h2-9,18H,1H3. The van der Waals surface area contributed by atoms with Gasteiger partial charge in [0.15, 0.2) is 5.82 Å². The van der Waals surface area contributed by atoms with Crippen LogP contribution in [0, 0.1) is 6.92 Å². The summed E-state index contributed by atoms with van der Waals surface area (Å²) in [6.45, 7) is 2.05. The van der Waals surface area contributed by atoms with E-state index in [1.165, 1.54) is 5.56 Å². The number of aryl methyl sites for hydroxylation is 1. The van der Waals surface area contributed by atoms with Crippen molar-refractivity contribution in [2.75, 3.05) is 0 Å². The Balaban J connectivity index is 1.92. The van der Waals surface area contributed by atoms with Crippen LogP contribution in [-0.2, 0) is 0 Å². The summed E-state index contributed by atoms with van der Waals surface area (Å²) in [4.78, 5) is 3.19. The van der Waals surface area contributed by atoms with Gasteiger partial charge in [0.05, 0.1) is 16.2 Å². The third-order valence-electron chi connectivity index (χ3n) is 3.65. The summed E-state index contributed by atoms with van der Waals surface area (Å²) in [6, 6.07) is 13.8. The van der Waals surface area contributed by atoms with Gasteiger partial charge in [-0.25, -0.2) is 0 Å². The lowest BCUT2D eigenvalue weighted by Crippen LogP contribution is -1.99. The number of nitrogens with one attached hydrogen (secondary N) is 1. The zero-order valence-corrected chi connectivity index (χ0v) is 12.5. The highest BCUT2D eigenvalue weighted by atomic mass is 35.5. The third kappa shape index (κ3) is 1.98. The van der Waals surface area contributed by atoms with Crippen molar-refractivity contribution in [2.24, 2.45) is 0 Å². The van der Waals surface area contributed by atoms with Gasteiger partial charge in [-0.05, 0) is 35.5 Å². The van der Waals surface area contributed by atoms with Crippen LogP contribution in [0.5, 0.6) is 0 Å². The number of hydrogen-bond acceptors (Lipinski definition) is 3. The average molecular weight is 310 g/mol. The number of tetrazole rings is 1. The molecular weight excluding hydrogens is 298 g/mol. The van der Waals surface area contributed by atoms with E-state index in [0.717, 1.165) is 22.2 Å². The van der Waals surface area contributed by atoms with Gasteiger partial charge in [0.2, 0.25) is 0 Å². The SMILES string of the molecule is Cc1ccc(-n2nnnc2-c2c[nH]c3c(Cl)cccc23)cc1. The maximum absolute atomic E-state index is 6.22. The second-order valence-electron chi connectivity index (χ2n) is 5.11. The molecule has 4 aromatic rings. The lowest BCUT2D eigenvalue weighted by Gasteiger charge is -2.04. The van der Waals surface area contributed by atoms with Crippen molar-refractivity contribution in [3.05, 3.63) is 59.2 Å². The predicted octanol–water partition coefficient (Wildman–Crippen LogP) is 3.77. The van der Waals surface area contributed by atoms with E-state index in [4.69, 9.17) is 11.6 Å². The van der Waals surface area contributed by atoms with Crippen LogP contribution in [0.25, 0.3) is 28.0 Å². The zero-order chi connectivity index (χ0) is 15.1. The van der Waals surface area contributed by atoms with Crippen molar-refractivity contribution in [1.82, 2.24) is 25.2 Å². The Labute approximate surface area is 131 Å². The molecule has 22 heavy (non-hydrogen) atoms. The highest BCUT2D eigenvalue weighted by Crippen LogP contribution is 2.31. The van der Waals surface area contributed by atoms with Gasteiger partial charge < -0.3 is 4.98 Å². The number of aromatic amines is 1. The summed E-state index contributed by atoms with van der Waals surface area (Å²) in [6.07, 6.45) is 1.88. The zero-order valence-electron chi connectivity index (χ0n) is 11.8. The number of fused-ring (bicyclic) bond motifs is 1. The van der Waals surface area contributed by atoms with Gasteiger partial charge in [-0.1, -0.05) is 41.4 Å². The minimum absolute atomic E-state index is 0.678. The largest absolute Gasteiger partial charge is 0.359 e. The van der Waals surface area contributed by atoms with Crippen molar-refractivity contribution in [2.45, 2.75) is 6.92 Å². The number of halogens is 1. The number of nitrogens with zero attached hydrogens (tertiary/aromatic N) is 4. The maximum atomic E-state index is 6.22. The number of para-hydroxylation sites is 1. The van der Waals surface area contributed by atoms with Crippen molar-refractivity contribution in [3.8, 4) is 17.1 Å². The van der Waals surface area contributed by atoms with Crippen LogP contribution < -0.4 is 0 Å². The maximum Gasteiger partial charge on any atom is 0.189 e. The average Bonchev–Trinajstić information content (AvgIpc) is 3.14. The molecule has 108 valence electrons. The summed E-state index contributed by atoms with van der Waals surface area (Å²) in [5.41, 5.74) is 3.92. The van der Waals surface area contributed by atoms with Crippen molar-refractivity contribution >= 4 is 22.5 Å². The summed E-state index contributed by atoms with van der Waals surface area (Å²) in [5.74, 6) is 0.678. The van der Waals surface area contributed by atoms with E-state index in [1.807, 2.05) is 55.6 Å². The van der Waals surface area contributed by atoms with Gasteiger partial charge in [0.25, 0.3) is 0 Å². The molecule has 5 nitrogen and oxygen atoms in total. The molecule has 2 aromatic carbocycles. The second-order valence-corrected chi connectivity index (χ2v) is 5.52. The number of hydrogen-bond donors (Lipinski definition) is 1. The van der Waals surface area contributed by atoms with E-state index in [1.54, 1.807) is 4.68 Å². The second kappa shape index (κ2) is 4.96. The fourth-order valence-electron chi connectivity index (χ4n) is 2.52. The molecule has 2 aromatic heterocycles. The molecule has 0 saturated carbocycles. The van der Waals surface area contributed by atoms with E-state index in [-0.39, 0.29) is 0 Å². The Kier molecular flexibility index (Phi) is 2.94. The van der Waals surface area contributed by atoms with Gasteiger partial charge in [-0.15, -0.1) is 5.10 Å². The van der Waals surface area contributed by atoms with Crippen LogP contribution in [0.4, 0.5) is 0 Å². The minimum Gasteiger partial charge on any atom is -0.359 e. The third-order valence-corrected chi connectivity index (χ3v) is 3.97. The smallest absolute Gasteiger partial charge is 0.189 e. The molecule has 0 unspecified atom stereocenters. The number of aromatic nitrogens is 5. The normalized spacial score (nSPS) is 11.2. The van der Waals surface area contributed by atoms with Crippen LogP contribution in [0.15, 0.2) is 48.7 Å². The lowest BCUT2D eigenvalue weighted by molar-refractivity contribution is 0.791. The van der Waals surface area contributed by atoms with Crippen molar-refractivity contribution < 1.29 is 0 Å². The van der Waals surface area contributed by atoms with E-state index < -0.39 is 0 Å². The van der Waals surface area contributed by atoms with E-state index in [0.29, 0.717) is 10.8 Å². The summed E-state index contributed by atoms with van der Waals surface area (Å²) in [5, 5.41) is 13.8. The molecule has 0 amide bonds. The molecule has 0 bridgehead atoms. The first-order chi connectivity index (χ1) is 10.7. The highest BCUT2D eigenvalue weighted by molar-refractivity contribution is 6.35. The summed E-state index contributed by atoms with van der Waals surface area (Å²) >= 11 is 6.22. The number of benzene rings is 2. The molecule has 2 heterocycles. The van der Waals surface area contributed by atoms with Crippen molar-refractivity contribution in [3.63, 3.8) is 0 Å². The van der Waals surface area contributed by atoms with Crippen LogP contribution >= 0.6 is 11.6 Å². The van der Waals surface area contributed by atoms with Gasteiger partial charge in [0.1, 0.15) is 0 Å². The Morgan fingerprint density at radius 2 is 1.91 bits per heavy atom. The monoisotopic (exact) mass is 309 g/mol. The molecule has 0 saturated heterocycles. The van der Waals surface area contributed by atoms with Crippen LogP contribution in [0.3, 0.4) is 0 Å². The number of rotatable bonds is 2. The predicted molar refractivity (Wildman–Crippen MR) is 86.2 cm³/mol. The molecule has 0 spiro atoms. The fraction of sp³-hybridized carbons (Fsp3) is 0.0625. The minimum atomic E-state index is 0.678. The van der Waals surface area contributed by atoms with E-state index >= 15 is 0 Å². The Morgan fingerprint density at radius 3 is 2.73 bits per heavy atom. The molecule has 0 atom stereocenters. The first kappa shape index (κ1) is 13.0. The Bertz CT molecular complexity index is 952. The van der Waals surface area contributed by atoms with Crippen LogP contribution in [0.1, 0.15) is 5.56 Å². The molecule has 4 rings (SSSR count). The number of H-pyrrole nitrogens is 1. The van der Waals surface area contributed by atoms with Crippen molar-refractivity contribution in [1.29, 1.82) is 0 Å².